The zero-order valence-electron chi connectivity index (χ0n) is 6.07. The van der Waals surface area contributed by atoms with Crippen LogP contribution in [0, 0.1) is 0 Å². The Hall–Kier alpha value is 0.620. The molecule has 0 fully saturated rings. The molecular formula is C2H6NaO5P. The van der Waals surface area contributed by atoms with Gasteiger partial charge in [-0.15, -0.1) is 0 Å². The minimum atomic E-state index is -4.57. The third-order valence-corrected chi connectivity index (χ3v) is 0.742. The number of hydrogen-bond acceptors (Lipinski definition) is 3. The minimum absolute atomic E-state index is 0. The molecule has 0 saturated heterocycles. The number of phosphoric acid groups is 1. The van der Waals surface area contributed by atoms with Crippen molar-refractivity contribution < 1.29 is 54.7 Å². The molecule has 0 aromatic rings. The number of rotatable bonds is 1. The fourth-order valence-corrected chi connectivity index (χ4v) is 0.502. The van der Waals surface area contributed by atoms with Gasteiger partial charge in [-0.1, -0.05) is 0 Å². The van der Waals surface area contributed by atoms with Crippen molar-refractivity contribution >= 4 is 13.8 Å². The summed E-state index contributed by atoms with van der Waals surface area (Å²) in [5.74, 6) is -0.988. The van der Waals surface area contributed by atoms with Gasteiger partial charge >= 0.3 is 43.3 Å². The van der Waals surface area contributed by atoms with Crippen LogP contribution in [0.2, 0.25) is 0 Å². The largest absolute Gasteiger partial charge is 1.00 e. The quantitative estimate of drug-likeness (QED) is 0.314. The van der Waals surface area contributed by atoms with Crippen LogP contribution in [0.15, 0.2) is 0 Å². The zero-order chi connectivity index (χ0) is 6.78. The molecule has 0 aliphatic carbocycles. The van der Waals surface area contributed by atoms with Gasteiger partial charge in [-0.3, -0.25) is 14.6 Å². The average molecular weight is 164 g/mol. The molecule has 7 heteroatoms. The molecule has 0 bridgehead atoms. The van der Waals surface area contributed by atoms with Gasteiger partial charge in [0.1, 0.15) is 0 Å². The van der Waals surface area contributed by atoms with E-state index in [-0.39, 0.29) is 31.0 Å². The van der Waals surface area contributed by atoms with Crippen molar-refractivity contribution in [3.8, 4) is 0 Å². The monoisotopic (exact) mass is 164 g/mol. The van der Waals surface area contributed by atoms with Crippen LogP contribution in [0.3, 0.4) is 0 Å². The van der Waals surface area contributed by atoms with Crippen LogP contribution < -0.4 is 29.6 Å². The summed E-state index contributed by atoms with van der Waals surface area (Å²) in [5, 5.41) is 0. The van der Waals surface area contributed by atoms with E-state index >= 15 is 0 Å². The van der Waals surface area contributed by atoms with E-state index in [9.17, 15) is 9.36 Å². The Balaban J connectivity index is -0.000000245. The predicted octanol–water partition coefficient (Wildman–Crippen LogP) is -3.24. The average Bonchev–Trinajstić information content (AvgIpc) is 1.21. The smallest absolute Gasteiger partial charge is 1.00 e. The van der Waals surface area contributed by atoms with Crippen LogP contribution in [-0.4, -0.2) is 15.8 Å². The van der Waals surface area contributed by atoms with Gasteiger partial charge in [-0.2, -0.15) is 0 Å². The summed E-state index contributed by atoms with van der Waals surface area (Å²) in [7, 11) is -4.57. The van der Waals surface area contributed by atoms with Crippen molar-refractivity contribution in [2.45, 2.75) is 6.92 Å². The summed E-state index contributed by atoms with van der Waals surface area (Å²) >= 11 is 0. The number of hydrogen-bond donors (Lipinski definition) is 2. The van der Waals surface area contributed by atoms with Crippen molar-refractivity contribution in [2.75, 3.05) is 0 Å². The van der Waals surface area contributed by atoms with Crippen molar-refractivity contribution in [1.29, 1.82) is 0 Å². The fraction of sp³-hybridized carbons (Fsp3) is 0.500. The molecule has 9 heavy (non-hydrogen) atoms. The Bertz CT molecular complexity index is 143. The fourth-order valence-electron chi connectivity index (χ4n) is 0.167. The first kappa shape index (κ1) is 12.3. The molecule has 0 rings (SSSR count). The number of carbonyl (C=O) groups excluding carboxylic acids is 1. The second kappa shape index (κ2) is 4.44. The molecule has 0 spiro atoms. The van der Waals surface area contributed by atoms with Crippen LogP contribution >= 0.6 is 7.82 Å². The van der Waals surface area contributed by atoms with Crippen molar-refractivity contribution in [3.63, 3.8) is 0 Å². The first-order valence-electron chi connectivity index (χ1n) is 1.67. The molecular weight excluding hydrogens is 158 g/mol. The number of phosphoric ester groups is 1. The molecule has 50 valence electrons. The van der Waals surface area contributed by atoms with Gasteiger partial charge in [0.25, 0.3) is 0 Å². The van der Waals surface area contributed by atoms with Gasteiger partial charge in [-0.05, 0) is 0 Å². The maximum absolute atomic E-state index is 9.74. The molecule has 0 aromatic carbocycles. The predicted molar refractivity (Wildman–Crippen MR) is 24.9 cm³/mol. The van der Waals surface area contributed by atoms with Gasteiger partial charge in [0.05, 0.1) is 0 Å². The van der Waals surface area contributed by atoms with Crippen LogP contribution in [-0.2, 0) is 13.9 Å². The summed E-state index contributed by atoms with van der Waals surface area (Å²) in [6, 6.07) is 0. The van der Waals surface area contributed by atoms with Crippen molar-refractivity contribution in [1.82, 2.24) is 0 Å². The molecule has 0 aromatic heterocycles. The molecule has 0 amide bonds. The van der Waals surface area contributed by atoms with Crippen molar-refractivity contribution in [2.24, 2.45) is 0 Å². The third kappa shape index (κ3) is 12.0. The zero-order valence-corrected chi connectivity index (χ0v) is 7.96. The van der Waals surface area contributed by atoms with Crippen LogP contribution in [0.25, 0.3) is 0 Å². The molecule has 0 aliphatic rings. The maximum Gasteiger partial charge on any atom is 1.00 e. The van der Waals surface area contributed by atoms with Gasteiger partial charge in [0, 0.05) is 6.92 Å². The topological polar surface area (TPSA) is 83.8 Å². The molecule has 0 heterocycles. The van der Waals surface area contributed by atoms with E-state index in [4.69, 9.17) is 9.79 Å². The van der Waals surface area contributed by atoms with Gasteiger partial charge in [0.2, 0.25) is 0 Å². The summed E-state index contributed by atoms with van der Waals surface area (Å²) in [4.78, 5) is 25.5. The van der Waals surface area contributed by atoms with E-state index in [2.05, 4.69) is 4.52 Å². The van der Waals surface area contributed by atoms with Gasteiger partial charge < -0.3 is 5.95 Å². The van der Waals surface area contributed by atoms with Gasteiger partial charge in [-0.25, -0.2) is 4.57 Å². The first-order chi connectivity index (χ1) is 3.42. The Morgan fingerprint density at radius 3 is 2.00 bits per heavy atom. The Labute approximate surface area is 75.4 Å². The van der Waals surface area contributed by atoms with E-state index in [1.807, 2.05) is 0 Å². The molecule has 5 nitrogen and oxygen atoms in total. The normalized spacial score (nSPS) is 9.67. The molecule has 0 saturated carbocycles. The summed E-state index contributed by atoms with van der Waals surface area (Å²) in [5.41, 5.74) is 0. The number of carbonyl (C=O) groups is 1. The molecule has 0 radical (unpaired) electrons. The van der Waals surface area contributed by atoms with Crippen molar-refractivity contribution in [3.05, 3.63) is 0 Å². The van der Waals surface area contributed by atoms with Gasteiger partial charge in [0.15, 0.2) is 0 Å². The first-order valence-corrected chi connectivity index (χ1v) is 3.20. The van der Waals surface area contributed by atoms with Crippen LogP contribution in [0.5, 0.6) is 0 Å². The van der Waals surface area contributed by atoms with Crippen LogP contribution in [0.1, 0.15) is 8.35 Å². The Morgan fingerprint density at radius 1 is 1.67 bits per heavy atom. The molecule has 0 aliphatic heterocycles. The third-order valence-electron chi connectivity index (χ3n) is 0.247. The van der Waals surface area contributed by atoms with Crippen LogP contribution in [0.4, 0.5) is 0 Å². The van der Waals surface area contributed by atoms with E-state index in [1.165, 1.54) is 0 Å². The maximum atomic E-state index is 9.74. The van der Waals surface area contributed by atoms with E-state index in [1.54, 1.807) is 0 Å². The summed E-state index contributed by atoms with van der Waals surface area (Å²) in [6.45, 7) is 0.916. The standard InChI is InChI=1S/C2H5O5P.Na.H/c1-2(3)7-8(4,5)6;;/h1H3,(H2,4,5,6);;/q;+1;-1. The SMILES string of the molecule is CC(=O)OP(=O)(O)O.[H-].[Na+]. The van der Waals surface area contributed by atoms with E-state index in [0.29, 0.717) is 0 Å². The second-order valence-corrected chi connectivity index (χ2v) is 2.24. The van der Waals surface area contributed by atoms with E-state index in [0.717, 1.165) is 6.92 Å². The second-order valence-electron chi connectivity index (χ2n) is 1.07. The summed E-state index contributed by atoms with van der Waals surface area (Å²) in [6.07, 6.45) is 0. The Kier molecular flexibility index (Phi) is 6.07. The summed E-state index contributed by atoms with van der Waals surface area (Å²) < 4.78 is 13.2. The minimum Gasteiger partial charge on any atom is -1.00 e. The van der Waals surface area contributed by atoms with E-state index < -0.39 is 13.8 Å². The molecule has 0 unspecified atom stereocenters. The Morgan fingerprint density at radius 2 is 2.00 bits per heavy atom. The molecule has 2 N–H and O–H groups in total. The molecule has 0 atom stereocenters.